The van der Waals surface area contributed by atoms with Gasteiger partial charge in [0.1, 0.15) is 6.61 Å². The standard InChI is InChI=1S/C9H20N2O3/c1-3-4-14-6-9(13)11-5-8(10)7(2)12/h7-8,12H,3-6,10H2,1-2H3,(H,11,13). The van der Waals surface area contributed by atoms with E-state index in [4.69, 9.17) is 15.6 Å². The Balaban J connectivity index is 3.44. The molecule has 84 valence electrons. The first-order valence-electron chi connectivity index (χ1n) is 4.86. The molecular weight excluding hydrogens is 184 g/mol. The molecular formula is C9H20N2O3. The Labute approximate surface area is 84.6 Å². The molecule has 0 saturated carbocycles. The Morgan fingerprint density at radius 1 is 1.64 bits per heavy atom. The molecule has 5 nitrogen and oxygen atoms in total. The number of hydrogen-bond acceptors (Lipinski definition) is 4. The second-order valence-corrected chi connectivity index (χ2v) is 3.26. The number of aliphatic hydroxyl groups excluding tert-OH is 1. The molecule has 0 aliphatic rings. The fraction of sp³-hybridized carbons (Fsp3) is 0.889. The van der Waals surface area contributed by atoms with E-state index in [1.165, 1.54) is 0 Å². The number of rotatable bonds is 7. The molecule has 0 heterocycles. The van der Waals surface area contributed by atoms with Gasteiger partial charge in [0.05, 0.1) is 6.10 Å². The minimum atomic E-state index is -0.619. The Bertz CT molecular complexity index is 162. The van der Waals surface area contributed by atoms with Gasteiger partial charge >= 0.3 is 0 Å². The first-order chi connectivity index (χ1) is 6.57. The van der Waals surface area contributed by atoms with Gasteiger partial charge in [0.15, 0.2) is 0 Å². The molecule has 0 spiro atoms. The van der Waals surface area contributed by atoms with E-state index in [9.17, 15) is 4.79 Å². The molecule has 0 aromatic carbocycles. The second-order valence-electron chi connectivity index (χ2n) is 3.26. The van der Waals surface area contributed by atoms with Crippen molar-refractivity contribution in [2.24, 2.45) is 5.73 Å². The zero-order chi connectivity index (χ0) is 11.0. The molecule has 0 fully saturated rings. The average molecular weight is 204 g/mol. The van der Waals surface area contributed by atoms with E-state index in [0.717, 1.165) is 6.42 Å². The molecule has 0 aliphatic heterocycles. The van der Waals surface area contributed by atoms with Crippen LogP contribution < -0.4 is 11.1 Å². The number of nitrogens with two attached hydrogens (primary N) is 1. The Hall–Kier alpha value is -0.650. The van der Waals surface area contributed by atoms with Crippen LogP contribution >= 0.6 is 0 Å². The fourth-order valence-electron chi connectivity index (χ4n) is 0.762. The van der Waals surface area contributed by atoms with Crippen LogP contribution in [0.1, 0.15) is 20.3 Å². The van der Waals surface area contributed by atoms with E-state index in [1.807, 2.05) is 6.92 Å². The molecule has 0 rings (SSSR count). The second kappa shape index (κ2) is 7.73. The van der Waals surface area contributed by atoms with E-state index in [2.05, 4.69) is 5.32 Å². The zero-order valence-electron chi connectivity index (χ0n) is 8.82. The van der Waals surface area contributed by atoms with Crippen LogP contribution in [0.3, 0.4) is 0 Å². The molecule has 14 heavy (non-hydrogen) atoms. The summed E-state index contributed by atoms with van der Waals surface area (Å²) < 4.78 is 5.02. The molecule has 5 heteroatoms. The zero-order valence-corrected chi connectivity index (χ0v) is 8.82. The lowest BCUT2D eigenvalue weighted by Crippen LogP contribution is -2.44. The van der Waals surface area contributed by atoms with Crippen LogP contribution in [0.25, 0.3) is 0 Å². The number of ether oxygens (including phenoxy) is 1. The van der Waals surface area contributed by atoms with Crippen LogP contribution in [-0.4, -0.2) is 42.9 Å². The monoisotopic (exact) mass is 204 g/mol. The van der Waals surface area contributed by atoms with Crippen molar-refractivity contribution in [1.29, 1.82) is 0 Å². The van der Waals surface area contributed by atoms with Crippen molar-refractivity contribution < 1.29 is 14.6 Å². The van der Waals surface area contributed by atoms with Gasteiger partial charge in [0.2, 0.25) is 5.91 Å². The van der Waals surface area contributed by atoms with Crippen molar-refractivity contribution in [3.8, 4) is 0 Å². The smallest absolute Gasteiger partial charge is 0.246 e. The normalized spacial score (nSPS) is 14.9. The lowest BCUT2D eigenvalue weighted by molar-refractivity contribution is -0.125. The molecule has 0 radical (unpaired) electrons. The Morgan fingerprint density at radius 3 is 2.79 bits per heavy atom. The molecule has 0 aromatic heterocycles. The first-order valence-corrected chi connectivity index (χ1v) is 4.86. The van der Waals surface area contributed by atoms with Crippen LogP contribution in [-0.2, 0) is 9.53 Å². The SMILES string of the molecule is CCCOCC(=O)NCC(N)C(C)O. The number of hydrogen-bond donors (Lipinski definition) is 3. The molecule has 0 bridgehead atoms. The van der Waals surface area contributed by atoms with Crippen molar-refractivity contribution in [1.82, 2.24) is 5.32 Å². The van der Waals surface area contributed by atoms with Crippen molar-refractivity contribution >= 4 is 5.91 Å². The molecule has 0 aliphatic carbocycles. The summed E-state index contributed by atoms with van der Waals surface area (Å²) >= 11 is 0. The summed E-state index contributed by atoms with van der Waals surface area (Å²) in [5.41, 5.74) is 5.51. The van der Waals surface area contributed by atoms with Crippen molar-refractivity contribution in [2.45, 2.75) is 32.4 Å². The van der Waals surface area contributed by atoms with E-state index in [0.29, 0.717) is 6.61 Å². The van der Waals surface area contributed by atoms with Crippen LogP contribution in [0.5, 0.6) is 0 Å². The number of aliphatic hydroxyl groups is 1. The Morgan fingerprint density at radius 2 is 2.29 bits per heavy atom. The van der Waals surface area contributed by atoms with Gasteiger partial charge in [-0.1, -0.05) is 6.92 Å². The highest BCUT2D eigenvalue weighted by molar-refractivity contribution is 5.77. The van der Waals surface area contributed by atoms with E-state index >= 15 is 0 Å². The number of nitrogens with one attached hydrogen (secondary N) is 1. The van der Waals surface area contributed by atoms with Crippen molar-refractivity contribution in [3.05, 3.63) is 0 Å². The minimum Gasteiger partial charge on any atom is -0.392 e. The maximum Gasteiger partial charge on any atom is 0.246 e. The fourth-order valence-corrected chi connectivity index (χ4v) is 0.762. The van der Waals surface area contributed by atoms with Crippen LogP contribution in [0.15, 0.2) is 0 Å². The predicted octanol–water partition coefficient (Wildman–Crippen LogP) is -0.763. The number of carbonyl (C=O) groups excluding carboxylic acids is 1. The highest BCUT2D eigenvalue weighted by Gasteiger charge is 2.10. The van der Waals surface area contributed by atoms with Gasteiger partial charge < -0.3 is 20.9 Å². The van der Waals surface area contributed by atoms with Gasteiger partial charge in [-0.3, -0.25) is 4.79 Å². The van der Waals surface area contributed by atoms with E-state index < -0.39 is 12.1 Å². The maximum absolute atomic E-state index is 11.1. The number of carbonyl (C=O) groups is 1. The molecule has 4 N–H and O–H groups in total. The third-order valence-electron chi connectivity index (χ3n) is 1.74. The summed E-state index contributed by atoms with van der Waals surface area (Å²) in [7, 11) is 0. The third kappa shape index (κ3) is 6.82. The van der Waals surface area contributed by atoms with E-state index in [-0.39, 0.29) is 19.1 Å². The van der Waals surface area contributed by atoms with Crippen LogP contribution in [0, 0.1) is 0 Å². The quantitative estimate of drug-likeness (QED) is 0.476. The molecule has 1 amide bonds. The van der Waals surface area contributed by atoms with Gasteiger partial charge in [-0.2, -0.15) is 0 Å². The van der Waals surface area contributed by atoms with Gasteiger partial charge in [-0.05, 0) is 13.3 Å². The van der Waals surface area contributed by atoms with Crippen LogP contribution in [0.4, 0.5) is 0 Å². The lowest BCUT2D eigenvalue weighted by Gasteiger charge is -2.15. The minimum absolute atomic E-state index is 0.0559. The van der Waals surface area contributed by atoms with Gasteiger partial charge in [0, 0.05) is 19.2 Å². The van der Waals surface area contributed by atoms with Gasteiger partial charge in [-0.25, -0.2) is 0 Å². The van der Waals surface area contributed by atoms with Crippen LogP contribution in [0.2, 0.25) is 0 Å². The highest BCUT2D eigenvalue weighted by Crippen LogP contribution is 1.86. The topological polar surface area (TPSA) is 84.6 Å². The predicted molar refractivity (Wildman–Crippen MR) is 53.8 cm³/mol. The van der Waals surface area contributed by atoms with E-state index in [1.54, 1.807) is 6.92 Å². The lowest BCUT2D eigenvalue weighted by atomic mass is 10.2. The maximum atomic E-state index is 11.1. The summed E-state index contributed by atoms with van der Waals surface area (Å²) in [5, 5.41) is 11.6. The summed E-state index contributed by atoms with van der Waals surface area (Å²) in [4.78, 5) is 11.1. The molecule has 2 atom stereocenters. The molecule has 0 aromatic rings. The van der Waals surface area contributed by atoms with Crippen molar-refractivity contribution in [2.75, 3.05) is 19.8 Å². The summed E-state index contributed by atoms with van der Waals surface area (Å²) in [6, 6.07) is -0.426. The largest absolute Gasteiger partial charge is 0.392 e. The van der Waals surface area contributed by atoms with Gasteiger partial charge in [0.25, 0.3) is 0 Å². The first kappa shape index (κ1) is 13.4. The van der Waals surface area contributed by atoms with Gasteiger partial charge in [-0.15, -0.1) is 0 Å². The van der Waals surface area contributed by atoms with Crippen molar-refractivity contribution in [3.63, 3.8) is 0 Å². The molecule has 0 saturated heterocycles. The third-order valence-corrected chi connectivity index (χ3v) is 1.74. The Kier molecular flexibility index (Phi) is 7.37. The molecule has 2 unspecified atom stereocenters. The summed E-state index contributed by atoms with van der Waals surface area (Å²) in [5.74, 6) is -0.199. The summed E-state index contributed by atoms with van der Waals surface area (Å²) in [6.45, 7) is 4.47. The number of amides is 1. The summed E-state index contributed by atoms with van der Waals surface area (Å²) in [6.07, 6.45) is 0.271. The average Bonchev–Trinajstić information content (AvgIpc) is 2.14. The highest BCUT2D eigenvalue weighted by atomic mass is 16.5.